The van der Waals surface area contributed by atoms with Crippen molar-refractivity contribution >= 4 is 5.96 Å². The summed E-state index contributed by atoms with van der Waals surface area (Å²) in [4.78, 5) is 4.30. The van der Waals surface area contributed by atoms with Gasteiger partial charge in [-0.1, -0.05) is 26.2 Å². The Morgan fingerprint density at radius 2 is 2.27 bits per heavy atom. The summed E-state index contributed by atoms with van der Waals surface area (Å²) in [5.74, 6) is 4.27. The second-order valence-corrected chi connectivity index (χ2v) is 4.56. The van der Waals surface area contributed by atoms with Crippen LogP contribution in [-0.2, 0) is 0 Å². The number of nitrogens with one attached hydrogen (secondary N) is 1. The molecule has 0 aliphatic heterocycles. The van der Waals surface area contributed by atoms with Crippen LogP contribution in [0.15, 0.2) is 4.99 Å². The standard InChI is InChI=1S/C12H21N3/c1-4-11(9(2)3)15-12(13)14-8-10-6-5-7-10/h1,9-11H,5-8H2,2-3H3,(H3,13,14,15). The van der Waals surface area contributed by atoms with Gasteiger partial charge in [-0.15, -0.1) is 6.42 Å². The summed E-state index contributed by atoms with van der Waals surface area (Å²) in [7, 11) is 0. The fourth-order valence-corrected chi connectivity index (χ4v) is 1.51. The molecule has 3 nitrogen and oxygen atoms in total. The van der Waals surface area contributed by atoms with Crippen LogP contribution >= 0.6 is 0 Å². The predicted molar refractivity (Wildman–Crippen MR) is 64.4 cm³/mol. The maximum absolute atomic E-state index is 5.76. The van der Waals surface area contributed by atoms with Gasteiger partial charge in [0, 0.05) is 6.54 Å². The summed E-state index contributed by atoms with van der Waals surface area (Å²) in [6, 6.07) is -0.0184. The Kier molecular flexibility index (Phi) is 4.48. The molecule has 0 bridgehead atoms. The van der Waals surface area contributed by atoms with Crippen molar-refractivity contribution in [2.75, 3.05) is 6.54 Å². The van der Waals surface area contributed by atoms with Gasteiger partial charge in [0.15, 0.2) is 5.96 Å². The molecular formula is C12H21N3. The molecule has 0 aromatic rings. The van der Waals surface area contributed by atoms with E-state index in [4.69, 9.17) is 12.2 Å². The summed E-state index contributed by atoms with van der Waals surface area (Å²) in [5, 5.41) is 3.06. The number of terminal acetylenes is 1. The lowest BCUT2D eigenvalue weighted by Crippen LogP contribution is -2.42. The molecule has 0 aromatic carbocycles. The maximum atomic E-state index is 5.76. The topological polar surface area (TPSA) is 50.4 Å². The first kappa shape index (κ1) is 11.9. The van der Waals surface area contributed by atoms with Gasteiger partial charge in [-0.05, 0) is 24.7 Å². The summed E-state index contributed by atoms with van der Waals surface area (Å²) in [6.45, 7) is 4.97. The normalized spacial score (nSPS) is 19.5. The number of hydrogen-bond donors (Lipinski definition) is 2. The van der Waals surface area contributed by atoms with Gasteiger partial charge in [0.05, 0.1) is 6.04 Å². The zero-order valence-corrected chi connectivity index (χ0v) is 9.66. The van der Waals surface area contributed by atoms with E-state index in [0.717, 1.165) is 12.5 Å². The highest BCUT2D eigenvalue weighted by atomic mass is 15.1. The molecule has 1 atom stereocenters. The first-order valence-corrected chi connectivity index (χ1v) is 5.66. The molecule has 0 saturated heterocycles. The van der Waals surface area contributed by atoms with Crippen LogP contribution in [0.1, 0.15) is 33.1 Å². The van der Waals surface area contributed by atoms with Crippen molar-refractivity contribution < 1.29 is 0 Å². The fraction of sp³-hybridized carbons (Fsp3) is 0.750. The molecule has 15 heavy (non-hydrogen) atoms. The molecule has 84 valence electrons. The van der Waals surface area contributed by atoms with E-state index in [1.54, 1.807) is 0 Å². The molecule has 1 aliphatic rings. The number of hydrogen-bond acceptors (Lipinski definition) is 1. The monoisotopic (exact) mass is 207 g/mol. The Morgan fingerprint density at radius 1 is 1.60 bits per heavy atom. The number of guanidine groups is 1. The predicted octanol–water partition coefficient (Wildman–Crippen LogP) is 1.35. The minimum Gasteiger partial charge on any atom is -0.370 e. The average Bonchev–Trinajstić information content (AvgIpc) is 2.11. The Balaban J connectivity index is 2.32. The molecule has 0 aromatic heterocycles. The average molecular weight is 207 g/mol. The van der Waals surface area contributed by atoms with Crippen molar-refractivity contribution in [2.45, 2.75) is 39.2 Å². The first-order chi connectivity index (χ1) is 7.13. The zero-order chi connectivity index (χ0) is 11.3. The van der Waals surface area contributed by atoms with E-state index < -0.39 is 0 Å². The Hall–Kier alpha value is -1.17. The summed E-state index contributed by atoms with van der Waals surface area (Å²) < 4.78 is 0. The molecule has 3 N–H and O–H groups in total. The van der Waals surface area contributed by atoms with Gasteiger partial charge in [0.2, 0.25) is 0 Å². The van der Waals surface area contributed by atoms with Crippen LogP contribution in [-0.4, -0.2) is 18.5 Å². The molecule has 1 unspecified atom stereocenters. The number of rotatable bonds is 4. The third-order valence-electron chi connectivity index (χ3n) is 2.89. The van der Waals surface area contributed by atoms with E-state index in [9.17, 15) is 0 Å². The Bertz CT molecular complexity index is 259. The third kappa shape index (κ3) is 3.83. The zero-order valence-electron chi connectivity index (χ0n) is 9.66. The molecule has 0 heterocycles. The Morgan fingerprint density at radius 3 is 2.67 bits per heavy atom. The van der Waals surface area contributed by atoms with E-state index in [-0.39, 0.29) is 6.04 Å². The molecule has 0 radical (unpaired) electrons. The SMILES string of the molecule is C#CC(NC(N)=NCC1CCC1)C(C)C. The molecule has 1 aliphatic carbocycles. The van der Waals surface area contributed by atoms with Gasteiger partial charge in [-0.2, -0.15) is 0 Å². The van der Waals surface area contributed by atoms with E-state index in [1.165, 1.54) is 19.3 Å². The van der Waals surface area contributed by atoms with Gasteiger partial charge in [0.1, 0.15) is 0 Å². The molecule has 1 rings (SSSR count). The Labute approximate surface area is 92.5 Å². The van der Waals surface area contributed by atoms with Gasteiger partial charge < -0.3 is 11.1 Å². The summed E-state index contributed by atoms with van der Waals surface area (Å²) in [6.07, 6.45) is 9.31. The van der Waals surface area contributed by atoms with E-state index in [0.29, 0.717) is 11.9 Å². The molecular weight excluding hydrogens is 186 g/mol. The van der Waals surface area contributed by atoms with Crippen molar-refractivity contribution in [3.63, 3.8) is 0 Å². The van der Waals surface area contributed by atoms with Crippen LogP contribution in [0.4, 0.5) is 0 Å². The highest BCUT2D eigenvalue weighted by molar-refractivity contribution is 5.78. The van der Waals surface area contributed by atoms with Crippen LogP contribution in [0, 0.1) is 24.2 Å². The van der Waals surface area contributed by atoms with Gasteiger partial charge in [0.25, 0.3) is 0 Å². The van der Waals surface area contributed by atoms with Gasteiger partial charge in [-0.3, -0.25) is 4.99 Å². The summed E-state index contributed by atoms with van der Waals surface area (Å²) >= 11 is 0. The third-order valence-corrected chi connectivity index (χ3v) is 2.89. The van der Waals surface area contributed by atoms with Crippen LogP contribution in [0.5, 0.6) is 0 Å². The highest BCUT2D eigenvalue weighted by Crippen LogP contribution is 2.26. The van der Waals surface area contributed by atoms with Crippen LogP contribution in [0.25, 0.3) is 0 Å². The van der Waals surface area contributed by atoms with Crippen LogP contribution in [0.3, 0.4) is 0 Å². The van der Waals surface area contributed by atoms with Crippen molar-refractivity contribution in [3.05, 3.63) is 0 Å². The van der Waals surface area contributed by atoms with E-state index in [2.05, 4.69) is 30.1 Å². The molecule has 0 amide bonds. The highest BCUT2D eigenvalue weighted by Gasteiger charge is 2.17. The van der Waals surface area contributed by atoms with Gasteiger partial charge in [-0.25, -0.2) is 0 Å². The number of aliphatic imine (C=N–C) groups is 1. The second kappa shape index (κ2) is 5.65. The quantitative estimate of drug-likeness (QED) is 0.415. The van der Waals surface area contributed by atoms with Crippen LogP contribution < -0.4 is 11.1 Å². The number of nitrogens with zero attached hydrogens (tertiary/aromatic N) is 1. The first-order valence-electron chi connectivity index (χ1n) is 5.66. The summed E-state index contributed by atoms with van der Waals surface area (Å²) in [5.41, 5.74) is 5.76. The lowest BCUT2D eigenvalue weighted by atomic mass is 9.86. The van der Waals surface area contributed by atoms with Crippen molar-refractivity contribution in [1.29, 1.82) is 0 Å². The van der Waals surface area contributed by atoms with Crippen LogP contribution in [0.2, 0.25) is 0 Å². The number of nitrogens with two attached hydrogens (primary N) is 1. The molecule has 1 fully saturated rings. The largest absolute Gasteiger partial charge is 0.370 e. The lowest BCUT2D eigenvalue weighted by Gasteiger charge is -2.23. The molecule has 3 heteroatoms. The molecule has 1 saturated carbocycles. The van der Waals surface area contributed by atoms with Crippen molar-refractivity contribution in [1.82, 2.24) is 5.32 Å². The molecule has 0 spiro atoms. The minimum atomic E-state index is -0.0184. The minimum absolute atomic E-state index is 0.0184. The smallest absolute Gasteiger partial charge is 0.189 e. The van der Waals surface area contributed by atoms with Gasteiger partial charge >= 0.3 is 0 Å². The van der Waals surface area contributed by atoms with Crippen molar-refractivity contribution in [2.24, 2.45) is 22.6 Å². The van der Waals surface area contributed by atoms with E-state index >= 15 is 0 Å². The fourth-order valence-electron chi connectivity index (χ4n) is 1.51. The lowest BCUT2D eigenvalue weighted by molar-refractivity contribution is 0.326. The van der Waals surface area contributed by atoms with E-state index in [1.807, 2.05) is 0 Å². The van der Waals surface area contributed by atoms with Crippen molar-refractivity contribution in [3.8, 4) is 12.3 Å². The second-order valence-electron chi connectivity index (χ2n) is 4.56. The maximum Gasteiger partial charge on any atom is 0.189 e.